The van der Waals surface area contributed by atoms with Gasteiger partial charge in [0.1, 0.15) is 9.88 Å². The Bertz CT molecular complexity index is 694. The Kier molecular flexibility index (Phi) is 8.24. The van der Waals surface area contributed by atoms with Crippen molar-refractivity contribution in [2.24, 2.45) is 5.92 Å². The van der Waals surface area contributed by atoms with Gasteiger partial charge in [-0.25, -0.2) is 9.59 Å². The molecule has 0 aromatic carbocycles. The number of rotatable bonds is 8. The van der Waals surface area contributed by atoms with Crippen molar-refractivity contribution in [2.75, 3.05) is 25.1 Å². The predicted octanol–water partition coefficient (Wildman–Crippen LogP) is 2.55. The predicted molar refractivity (Wildman–Crippen MR) is 95.4 cm³/mol. The molecule has 26 heavy (non-hydrogen) atoms. The molecule has 1 N–H and O–H groups in total. The molecule has 0 bridgehead atoms. The number of nitrogens with one attached hydrogen (secondary N) is 1. The molecule has 9 heteroatoms. The summed E-state index contributed by atoms with van der Waals surface area (Å²) < 4.78 is 14.8. The van der Waals surface area contributed by atoms with Crippen LogP contribution in [0.5, 0.6) is 0 Å². The van der Waals surface area contributed by atoms with Crippen molar-refractivity contribution in [3.63, 3.8) is 0 Å². The normalized spacial score (nSPS) is 10.4. The van der Waals surface area contributed by atoms with Crippen molar-refractivity contribution in [2.45, 2.75) is 34.6 Å². The van der Waals surface area contributed by atoms with E-state index in [1.807, 2.05) is 0 Å². The molecule has 8 nitrogen and oxygen atoms in total. The Labute approximate surface area is 155 Å². The van der Waals surface area contributed by atoms with Crippen LogP contribution in [-0.4, -0.2) is 43.6 Å². The van der Waals surface area contributed by atoms with E-state index < -0.39 is 30.4 Å². The number of hydrogen-bond donors (Lipinski definition) is 1. The van der Waals surface area contributed by atoms with Crippen molar-refractivity contribution >= 4 is 40.2 Å². The summed E-state index contributed by atoms with van der Waals surface area (Å²) in [7, 11) is 0. The quantitative estimate of drug-likeness (QED) is 0.541. The van der Waals surface area contributed by atoms with E-state index in [1.54, 1.807) is 34.6 Å². The van der Waals surface area contributed by atoms with Gasteiger partial charge in [0.25, 0.3) is 5.91 Å². The minimum atomic E-state index is -0.661. The van der Waals surface area contributed by atoms with Gasteiger partial charge in [-0.3, -0.25) is 9.59 Å². The highest BCUT2D eigenvalue weighted by Crippen LogP contribution is 2.34. The SMILES string of the molecule is CCOC(=O)c1sc(NC(=O)COC(=O)C(C)C)c(C(=O)OCC)c1C. The van der Waals surface area contributed by atoms with E-state index >= 15 is 0 Å². The van der Waals surface area contributed by atoms with Gasteiger partial charge in [-0.1, -0.05) is 13.8 Å². The lowest BCUT2D eigenvalue weighted by Crippen LogP contribution is -2.23. The molecule has 1 aromatic rings. The fourth-order valence-electron chi connectivity index (χ4n) is 1.91. The van der Waals surface area contributed by atoms with Gasteiger partial charge in [-0.2, -0.15) is 0 Å². The minimum Gasteiger partial charge on any atom is -0.462 e. The molecular weight excluding hydrogens is 362 g/mol. The fourth-order valence-corrected chi connectivity index (χ4v) is 3.01. The van der Waals surface area contributed by atoms with Crippen LogP contribution >= 0.6 is 11.3 Å². The highest BCUT2D eigenvalue weighted by atomic mass is 32.1. The first-order chi connectivity index (χ1) is 12.2. The topological polar surface area (TPSA) is 108 Å². The highest BCUT2D eigenvalue weighted by Gasteiger charge is 2.27. The van der Waals surface area contributed by atoms with Crippen LogP contribution in [0.25, 0.3) is 0 Å². The summed E-state index contributed by atoms with van der Waals surface area (Å²) >= 11 is 0.909. The lowest BCUT2D eigenvalue weighted by atomic mass is 10.1. The molecule has 0 saturated carbocycles. The van der Waals surface area contributed by atoms with Crippen LogP contribution in [0.15, 0.2) is 0 Å². The molecule has 1 amide bonds. The summed E-state index contributed by atoms with van der Waals surface area (Å²) in [5.41, 5.74) is 0.449. The van der Waals surface area contributed by atoms with E-state index in [0.717, 1.165) is 11.3 Å². The van der Waals surface area contributed by atoms with Gasteiger partial charge in [-0.05, 0) is 26.3 Å². The second kappa shape index (κ2) is 9.91. The molecule has 144 valence electrons. The first kappa shape index (κ1) is 21.6. The molecule has 0 atom stereocenters. The number of esters is 3. The van der Waals surface area contributed by atoms with E-state index in [2.05, 4.69) is 5.32 Å². The van der Waals surface area contributed by atoms with E-state index in [9.17, 15) is 19.2 Å². The lowest BCUT2D eigenvalue weighted by molar-refractivity contribution is -0.150. The average Bonchev–Trinajstić information content (AvgIpc) is 2.89. The van der Waals surface area contributed by atoms with Crippen LogP contribution in [0.4, 0.5) is 5.00 Å². The molecule has 0 aliphatic carbocycles. The summed E-state index contributed by atoms with van der Waals surface area (Å²) in [6.07, 6.45) is 0. The number of amides is 1. The first-order valence-electron chi connectivity index (χ1n) is 8.16. The Hall–Kier alpha value is -2.42. The zero-order chi connectivity index (χ0) is 19.9. The molecule has 0 radical (unpaired) electrons. The first-order valence-corrected chi connectivity index (χ1v) is 8.98. The number of ether oxygens (including phenoxy) is 3. The third kappa shape index (κ3) is 5.55. The Morgan fingerprint density at radius 3 is 2.12 bits per heavy atom. The number of anilines is 1. The van der Waals surface area contributed by atoms with Gasteiger partial charge in [0.15, 0.2) is 6.61 Å². The third-order valence-corrected chi connectivity index (χ3v) is 4.34. The van der Waals surface area contributed by atoms with Crippen molar-refractivity contribution in [3.8, 4) is 0 Å². The minimum absolute atomic E-state index is 0.0865. The standard InChI is InChI=1S/C17H23NO7S/c1-6-23-16(21)12-10(5)13(17(22)24-7-2)26-14(12)18-11(19)8-25-15(20)9(3)4/h9H,6-8H2,1-5H3,(H,18,19). The van der Waals surface area contributed by atoms with Crippen molar-refractivity contribution in [3.05, 3.63) is 16.0 Å². The Balaban J connectivity index is 3.05. The number of hydrogen-bond acceptors (Lipinski definition) is 8. The second-order valence-corrected chi connectivity index (χ2v) is 6.53. The van der Waals surface area contributed by atoms with Crippen LogP contribution in [0.1, 0.15) is 53.3 Å². The molecule has 0 fully saturated rings. The molecule has 0 spiro atoms. The molecule has 1 aromatic heterocycles. The van der Waals surface area contributed by atoms with Crippen LogP contribution in [0, 0.1) is 12.8 Å². The zero-order valence-corrected chi connectivity index (χ0v) is 16.3. The third-order valence-electron chi connectivity index (χ3n) is 3.16. The number of carbonyl (C=O) groups excluding carboxylic acids is 4. The van der Waals surface area contributed by atoms with Crippen LogP contribution in [0.2, 0.25) is 0 Å². The molecule has 0 aliphatic rings. The van der Waals surface area contributed by atoms with E-state index in [4.69, 9.17) is 14.2 Å². The van der Waals surface area contributed by atoms with Gasteiger partial charge in [0.05, 0.1) is 24.7 Å². The fraction of sp³-hybridized carbons (Fsp3) is 0.529. The van der Waals surface area contributed by atoms with Crippen LogP contribution in [-0.2, 0) is 23.8 Å². The summed E-state index contributed by atoms with van der Waals surface area (Å²) in [6, 6.07) is 0. The van der Waals surface area contributed by atoms with Gasteiger partial charge in [-0.15, -0.1) is 11.3 Å². The monoisotopic (exact) mass is 385 g/mol. The highest BCUT2D eigenvalue weighted by molar-refractivity contribution is 7.18. The molecule has 0 aliphatic heterocycles. The van der Waals surface area contributed by atoms with Crippen LogP contribution in [0.3, 0.4) is 0 Å². The van der Waals surface area contributed by atoms with Gasteiger partial charge < -0.3 is 19.5 Å². The lowest BCUT2D eigenvalue weighted by Gasteiger charge is -2.08. The molecule has 0 unspecified atom stereocenters. The van der Waals surface area contributed by atoms with Crippen LogP contribution < -0.4 is 5.32 Å². The maximum atomic E-state index is 12.2. The Morgan fingerprint density at radius 1 is 1.00 bits per heavy atom. The maximum absolute atomic E-state index is 12.2. The molecule has 0 saturated heterocycles. The summed E-state index contributed by atoms with van der Waals surface area (Å²) in [6.45, 7) is 8.00. The largest absolute Gasteiger partial charge is 0.462 e. The molecular formula is C17H23NO7S. The van der Waals surface area contributed by atoms with Gasteiger partial charge in [0.2, 0.25) is 0 Å². The van der Waals surface area contributed by atoms with Crippen molar-refractivity contribution < 1.29 is 33.4 Å². The summed E-state index contributed by atoms with van der Waals surface area (Å²) in [5, 5.41) is 2.64. The van der Waals surface area contributed by atoms with E-state index in [-0.39, 0.29) is 34.6 Å². The zero-order valence-electron chi connectivity index (χ0n) is 15.5. The Morgan fingerprint density at radius 2 is 1.58 bits per heavy atom. The molecule has 1 rings (SSSR count). The smallest absolute Gasteiger partial charge is 0.348 e. The van der Waals surface area contributed by atoms with Gasteiger partial charge in [0, 0.05) is 0 Å². The number of carbonyl (C=O) groups is 4. The summed E-state index contributed by atoms with van der Waals surface area (Å²) in [4.78, 5) is 47.9. The maximum Gasteiger partial charge on any atom is 0.348 e. The van der Waals surface area contributed by atoms with Gasteiger partial charge >= 0.3 is 17.9 Å². The van der Waals surface area contributed by atoms with Crippen molar-refractivity contribution in [1.82, 2.24) is 0 Å². The molecule has 1 heterocycles. The number of thiophene rings is 1. The summed E-state index contributed by atoms with van der Waals surface area (Å²) in [5.74, 6) is -2.75. The van der Waals surface area contributed by atoms with E-state index in [0.29, 0.717) is 5.56 Å². The van der Waals surface area contributed by atoms with Crippen molar-refractivity contribution in [1.29, 1.82) is 0 Å². The second-order valence-electron chi connectivity index (χ2n) is 5.51. The average molecular weight is 385 g/mol. The van der Waals surface area contributed by atoms with E-state index in [1.165, 1.54) is 0 Å².